The first-order valence-electron chi connectivity index (χ1n) is 9.28. The van der Waals surface area contributed by atoms with E-state index in [1.54, 1.807) is 12.3 Å². The molecule has 0 aliphatic rings. The van der Waals surface area contributed by atoms with Crippen molar-refractivity contribution < 1.29 is 4.42 Å². The van der Waals surface area contributed by atoms with Gasteiger partial charge in [-0.1, -0.05) is 61.8 Å². The van der Waals surface area contributed by atoms with Gasteiger partial charge in [0, 0.05) is 22.7 Å². The molecular formula is C23H22ClN3O. The Bertz CT molecular complexity index is 1100. The first kappa shape index (κ1) is 19.8. The van der Waals surface area contributed by atoms with Gasteiger partial charge in [0.05, 0.1) is 11.9 Å². The van der Waals surface area contributed by atoms with Gasteiger partial charge in [-0.15, -0.1) is 10.2 Å². The molecule has 0 spiro atoms. The zero-order valence-corrected chi connectivity index (χ0v) is 16.9. The number of aromatic nitrogens is 3. The van der Waals surface area contributed by atoms with Crippen molar-refractivity contribution in [2.45, 2.75) is 27.2 Å². The molecule has 4 aromatic rings. The largest absolute Gasteiger partial charge is 0.421 e. The van der Waals surface area contributed by atoms with Gasteiger partial charge >= 0.3 is 0 Å². The summed E-state index contributed by atoms with van der Waals surface area (Å²) in [6.07, 6.45) is 5.98. The van der Waals surface area contributed by atoms with Crippen LogP contribution in [0.4, 0.5) is 0 Å². The molecule has 0 N–H and O–H groups in total. The van der Waals surface area contributed by atoms with Crippen LogP contribution in [0.5, 0.6) is 0 Å². The molecule has 28 heavy (non-hydrogen) atoms. The fraction of sp³-hybridized carbons (Fsp3) is 0.174. The third kappa shape index (κ3) is 4.65. The quantitative estimate of drug-likeness (QED) is 0.405. The minimum Gasteiger partial charge on any atom is -0.421 e. The normalized spacial score (nSPS) is 10.9. The molecule has 0 atom stereocenters. The van der Waals surface area contributed by atoms with Gasteiger partial charge in [0.25, 0.3) is 0 Å². The Morgan fingerprint density at radius 1 is 1.00 bits per heavy atom. The lowest BCUT2D eigenvalue weighted by molar-refractivity contribution is 0.497. The SMILES string of the molecule is CC.Cc1ccc(/C=C/c2nnc(Cc3cccc4cccnc34)o2)c(Cl)c1. The molecule has 4 nitrogen and oxygen atoms in total. The van der Waals surface area contributed by atoms with Gasteiger partial charge in [-0.25, -0.2) is 0 Å². The first-order chi connectivity index (χ1) is 13.7. The van der Waals surface area contributed by atoms with Crippen molar-refractivity contribution >= 4 is 34.7 Å². The van der Waals surface area contributed by atoms with E-state index >= 15 is 0 Å². The Morgan fingerprint density at radius 3 is 2.64 bits per heavy atom. The summed E-state index contributed by atoms with van der Waals surface area (Å²) >= 11 is 6.24. The highest BCUT2D eigenvalue weighted by Gasteiger charge is 2.08. The van der Waals surface area contributed by atoms with E-state index in [0.717, 1.165) is 27.6 Å². The predicted molar refractivity (Wildman–Crippen MR) is 115 cm³/mol. The second-order valence-electron chi connectivity index (χ2n) is 6.06. The highest BCUT2D eigenvalue weighted by molar-refractivity contribution is 6.32. The van der Waals surface area contributed by atoms with Crippen molar-refractivity contribution in [1.29, 1.82) is 0 Å². The van der Waals surface area contributed by atoms with Crippen LogP contribution in [0.25, 0.3) is 23.1 Å². The monoisotopic (exact) mass is 391 g/mol. The summed E-state index contributed by atoms with van der Waals surface area (Å²) in [6, 6.07) is 16.0. The summed E-state index contributed by atoms with van der Waals surface area (Å²) in [5.41, 5.74) is 4.05. The fourth-order valence-electron chi connectivity index (χ4n) is 2.81. The van der Waals surface area contributed by atoms with Gasteiger partial charge in [0.15, 0.2) is 0 Å². The average molecular weight is 392 g/mol. The Balaban J connectivity index is 0.00000109. The Labute approximate surface area is 169 Å². The topological polar surface area (TPSA) is 51.8 Å². The maximum Gasteiger partial charge on any atom is 0.240 e. The van der Waals surface area contributed by atoms with Crippen LogP contribution in [0.15, 0.2) is 59.1 Å². The van der Waals surface area contributed by atoms with Crippen molar-refractivity contribution in [1.82, 2.24) is 15.2 Å². The number of rotatable bonds is 4. The molecule has 2 aromatic carbocycles. The summed E-state index contributed by atoms with van der Waals surface area (Å²) in [5.74, 6) is 1.00. The standard InChI is InChI=1S/C21H16ClN3O.C2H6/c1-14-7-8-15(18(22)12-14)9-10-19-24-25-20(26-19)13-17-5-2-4-16-6-3-11-23-21(16)17;1-2/h2-12H,13H2,1H3;1-2H3/b10-9+;. The lowest BCUT2D eigenvalue weighted by Gasteiger charge is -2.02. The second kappa shape index (κ2) is 9.29. The second-order valence-corrected chi connectivity index (χ2v) is 6.47. The van der Waals surface area contributed by atoms with E-state index in [4.69, 9.17) is 16.0 Å². The molecule has 0 saturated carbocycles. The van der Waals surface area contributed by atoms with Gasteiger partial charge in [0.1, 0.15) is 0 Å². The number of fused-ring (bicyclic) bond motifs is 1. The molecule has 2 heterocycles. The molecular weight excluding hydrogens is 370 g/mol. The van der Waals surface area contributed by atoms with E-state index in [1.165, 1.54) is 0 Å². The summed E-state index contributed by atoms with van der Waals surface area (Å²) < 4.78 is 5.74. The molecule has 4 rings (SSSR count). The molecule has 2 aromatic heterocycles. The van der Waals surface area contributed by atoms with Crippen LogP contribution in [-0.4, -0.2) is 15.2 Å². The summed E-state index contributed by atoms with van der Waals surface area (Å²) in [7, 11) is 0. The molecule has 142 valence electrons. The maximum absolute atomic E-state index is 6.24. The van der Waals surface area contributed by atoms with Crippen molar-refractivity contribution in [2.24, 2.45) is 0 Å². The molecule has 0 aliphatic carbocycles. The van der Waals surface area contributed by atoms with Crippen molar-refractivity contribution in [3.05, 3.63) is 88.2 Å². The number of hydrogen-bond acceptors (Lipinski definition) is 4. The van der Waals surface area contributed by atoms with Crippen molar-refractivity contribution in [2.75, 3.05) is 0 Å². The number of halogens is 1. The number of aryl methyl sites for hydroxylation is 1. The van der Waals surface area contributed by atoms with Crippen LogP contribution in [-0.2, 0) is 6.42 Å². The lowest BCUT2D eigenvalue weighted by Crippen LogP contribution is -1.91. The predicted octanol–water partition coefficient (Wildman–Crippen LogP) is 6.37. The summed E-state index contributed by atoms with van der Waals surface area (Å²) in [6.45, 7) is 6.01. The third-order valence-corrected chi connectivity index (χ3v) is 4.43. The van der Waals surface area contributed by atoms with Gasteiger partial charge < -0.3 is 4.42 Å². The van der Waals surface area contributed by atoms with Gasteiger partial charge in [-0.3, -0.25) is 4.98 Å². The van der Waals surface area contributed by atoms with E-state index in [0.29, 0.717) is 23.2 Å². The molecule has 0 bridgehead atoms. The van der Waals surface area contributed by atoms with Crippen LogP contribution in [0.3, 0.4) is 0 Å². The molecule has 0 radical (unpaired) electrons. The number of benzene rings is 2. The van der Waals surface area contributed by atoms with E-state index < -0.39 is 0 Å². The van der Waals surface area contributed by atoms with Gasteiger partial charge in [0.2, 0.25) is 11.8 Å². The fourth-order valence-corrected chi connectivity index (χ4v) is 3.10. The number of para-hydroxylation sites is 1. The maximum atomic E-state index is 6.24. The molecule has 0 unspecified atom stereocenters. The lowest BCUT2D eigenvalue weighted by atomic mass is 10.1. The summed E-state index contributed by atoms with van der Waals surface area (Å²) in [5, 5.41) is 10.0. The Morgan fingerprint density at radius 2 is 1.82 bits per heavy atom. The van der Waals surface area contributed by atoms with Crippen LogP contribution in [0.1, 0.15) is 42.3 Å². The van der Waals surface area contributed by atoms with Gasteiger partial charge in [-0.05, 0) is 41.8 Å². The minimum absolute atomic E-state index is 0.449. The van der Waals surface area contributed by atoms with Crippen molar-refractivity contribution in [3.8, 4) is 0 Å². The number of nitrogens with zero attached hydrogens (tertiary/aromatic N) is 3. The number of hydrogen-bond donors (Lipinski definition) is 0. The zero-order chi connectivity index (χ0) is 19.9. The molecule has 0 saturated heterocycles. The van der Waals surface area contributed by atoms with Crippen LogP contribution >= 0.6 is 11.6 Å². The smallest absolute Gasteiger partial charge is 0.240 e. The molecule has 0 aliphatic heterocycles. The average Bonchev–Trinajstić information content (AvgIpc) is 3.16. The molecule has 5 heteroatoms. The van der Waals surface area contributed by atoms with Gasteiger partial charge in [-0.2, -0.15) is 0 Å². The molecule has 0 fully saturated rings. The Hall–Kier alpha value is -2.98. The Kier molecular flexibility index (Phi) is 6.56. The van der Waals surface area contributed by atoms with E-state index in [-0.39, 0.29) is 0 Å². The van der Waals surface area contributed by atoms with E-state index in [9.17, 15) is 0 Å². The highest BCUT2D eigenvalue weighted by Crippen LogP contribution is 2.21. The first-order valence-corrected chi connectivity index (χ1v) is 9.66. The van der Waals surface area contributed by atoms with Crippen LogP contribution in [0, 0.1) is 6.92 Å². The van der Waals surface area contributed by atoms with E-state index in [1.807, 2.05) is 75.4 Å². The summed E-state index contributed by atoms with van der Waals surface area (Å²) in [4.78, 5) is 4.46. The third-order valence-electron chi connectivity index (χ3n) is 4.10. The van der Waals surface area contributed by atoms with Crippen molar-refractivity contribution in [3.63, 3.8) is 0 Å². The zero-order valence-electron chi connectivity index (χ0n) is 16.2. The number of pyridine rings is 1. The molecule has 0 amide bonds. The minimum atomic E-state index is 0.449. The van der Waals surface area contributed by atoms with Crippen LogP contribution < -0.4 is 0 Å². The van der Waals surface area contributed by atoms with Crippen LogP contribution in [0.2, 0.25) is 5.02 Å². The van der Waals surface area contributed by atoms with E-state index in [2.05, 4.69) is 15.2 Å². The highest BCUT2D eigenvalue weighted by atomic mass is 35.5.